The van der Waals surface area contributed by atoms with Crippen molar-refractivity contribution in [2.45, 2.75) is 25.1 Å². The Morgan fingerprint density at radius 2 is 2.48 bits per heavy atom. The molecule has 0 saturated carbocycles. The van der Waals surface area contributed by atoms with Gasteiger partial charge in [0.15, 0.2) is 0 Å². The Balaban J connectivity index is 1.54. The molecule has 1 aliphatic rings. The fourth-order valence-electron chi connectivity index (χ4n) is 2.45. The van der Waals surface area contributed by atoms with Crippen molar-refractivity contribution in [2.75, 3.05) is 6.61 Å². The first-order valence-corrected chi connectivity index (χ1v) is 6.88. The number of hydrogen-bond acceptors (Lipinski definition) is 4. The first-order valence-electron chi connectivity index (χ1n) is 6.88. The lowest BCUT2D eigenvalue weighted by Crippen LogP contribution is -2.42. The van der Waals surface area contributed by atoms with E-state index in [-0.39, 0.29) is 18.2 Å². The van der Waals surface area contributed by atoms with Gasteiger partial charge in [-0.3, -0.25) is 4.68 Å². The number of carbonyl (C=O) groups excluding carboxylic acids is 1. The smallest absolute Gasteiger partial charge is 0.315 e. The molecule has 112 valence electrons. The number of urea groups is 1. The SMILES string of the molecule is Cn1cc([C@H]2OCC[C@@H]2NC(=O)NCc2ccoc2)cn1. The number of furan rings is 1. The number of nitrogens with one attached hydrogen (secondary N) is 2. The molecule has 3 rings (SSSR count). The van der Waals surface area contributed by atoms with Gasteiger partial charge in [-0.2, -0.15) is 5.10 Å². The number of aryl methyl sites for hydroxylation is 1. The van der Waals surface area contributed by atoms with Gasteiger partial charge in [0.25, 0.3) is 0 Å². The summed E-state index contributed by atoms with van der Waals surface area (Å²) in [5.74, 6) is 0. The highest BCUT2D eigenvalue weighted by Crippen LogP contribution is 2.28. The highest BCUT2D eigenvalue weighted by Gasteiger charge is 2.31. The van der Waals surface area contributed by atoms with Crippen LogP contribution >= 0.6 is 0 Å². The lowest BCUT2D eigenvalue weighted by molar-refractivity contribution is 0.0998. The molecule has 21 heavy (non-hydrogen) atoms. The molecule has 1 fully saturated rings. The van der Waals surface area contributed by atoms with E-state index in [0.29, 0.717) is 13.2 Å². The molecule has 7 nitrogen and oxygen atoms in total. The highest BCUT2D eigenvalue weighted by molar-refractivity contribution is 5.74. The fraction of sp³-hybridized carbons (Fsp3) is 0.429. The second kappa shape index (κ2) is 6.01. The van der Waals surface area contributed by atoms with Crippen molar-refractivity contribution in [3.05, 3.63) is 42.1 Å². The third-order valence-electron chi connectivity index (χ3n) is 3.49. The zero-order valence-electron chi connectivity index (χ0n) is 11.8. The molecule has 2 amide bonds. The molecule has 0 aromatic carbocycles. The van der Waals surface area contributed by atoms with Crippen LogP contribution in [0.2, 0.25) is 0 Å². The molecule has 0 bridgehead atoms. The van der Waals surface area contributed by atoms with Crippen LogP contribution < -0.4 is 10.6 Å². The van der Waals surface area contributed by atoms with Crippen molar-refractivity contribution < 1.29 is 13.9 Å². The Morgan fingerprint density at radius 3 is 3.19 bits per heavy atom. The first kappa shape index (κ1) is 13.7. The summed E-state index contributed by atoms with van der Waals surface area (Å²) in [7, 11) is 1.86. The molecule has 2 N–H and O–H groups in total. The van der Waals surface area contributed by atoms with Gasteiger partial charge >= 0.3 is 6.03 Å². The summed E-state index contributed by atoms with van der Waals surface area (Å²) in [6, 6.07) is 1.57. The maximum absolute atomic E-state index is 11.9. The summed E-state index contributed by atoms with van der Waals surface area (Å²) >= 11 is 0. The van der Waals surface area contributed by atoms with Gasteiger partial charge in [-0.1, -0.05) is 0 Å². The topological polar surface area (TPSA) is 81.3 Å². The molecule has 1 saturated heterocycles. The molecule has 0 spiro atoms. The van der Waals surface area contributed by atoms with E-state index in [4.69, 9.17) is 9.15 Å². The number of ether oxygens (including phenoxy) is 1. The van der Waals surface area contributed by atoms with Crippen LogP contribution in [0.4, 0.5) is 4.79 Å². The standard InChI is InChI=1S/C14H18N4O3/c1-18-8-11(7-16-18)13-12(3-5-21-13)17-14(19)15-6-10-2-4-20-9-10/h2,4,7-9,12-13H,3,5-6H2,1H3,(H2,15,17,19)/t12-,13+/m0/s1. The molecular formula is C14H18N4O3. The Labute approximate surface area is 122 Å². The molecular weight excluding hydrogens is 272 g/mol. The first-order chi connectivity index (χ1) is 10.2. The van der Waals surface area contributed by atoms with E-state index in [1.165, 1.54) is 0 Å². The normalized spacial score (nSPS) is 21.4. The van der Waals surface area contributed by atoms with Crippen molar-refractivity contribution >= 4 is 6.03 Å². The molecule has 0 radical (unpaired) electrons. The minimum atomic E-state index is -0.208. The van der Waals surface area contributed by atoms with E-state index in [9.17, 15) is 4.79 Å². The van der Waals surface area contributed by atoms with Crippen LogP contribution in [-0.4, -0.2) is 28.5 Å². The number of amides is 2. The zero-order chi connectivity index (χ0) is 14.7. The number of carbonyl (C=O) groups is 1. The van der Waals surface area contributed by atoms with E-state index < -0.39 is 0 Å². The maximum atomic E-state index is 11.9. The second-order valence-corrected chi connectivity index (χ2v) is 5.09. The highest BCUT2D eigenvalue weighted by atomic mass is 16.5. The van der Waals surface area contributed by atoms with Crippen LogP contribution in [0.3, 0.4) is 0 Å². The van der Waals surface area contributed by atoms with Crippen molar-refractivity contribution in [1.82, 2.24) is 20.4 Å². The summed E-state index contributed by atoms with van der Waals surface area (Å²) in [5, 5.41) is 9.90. The van der Waals surface area contributed by atoms with Crippen LogP contribution in [0, 0.1) is 0 Å². The van der Waals surface area contributed by atoms with Gasteiger partial charge in [0.05, 0.1) is 24.8 Å². The van der Waals surface area contributed by atoms with E-state index >= 15 is 0 Å². The van der Waals surface area contributed by atoms with Crippen molar-refractivity contribution in [3.63, 3.8) is 0 Å². The molecule has 1 aliphatic heterocycles. The Bertz CT molecular complexity index is 593. The largest absolute Gasteiger partial charge is 0.472 e. The molecule has 7 heteroatoms. The third kappa shape index (κ3) is 3.25. The molecule has 2 aromatic heterocycles. The van der Waals surface area contributed by atoms with Gasteiger partial charge in [0, 0.05) is 37.5 Å². The number of rotatable bonds is 4. The number of aromatic nitrogens is 2. The van der Waals surface area contributed by atoms with Gasteiger partial charge in [0.2, 0.25) is 0 Å². The van der Waals surface area contributed by atoms with Gasteiger partial charge in [0.1, 0.15) is 6.10 Å². The molecule has 0 unspecified atom stereocenters. The van der Waals surface area contributed by atoms with Crippen LogP contribution in [0.1, 0.15) is 23.7 Å². The predicted octanol–water partition coefficient (Wildman–Crippen LogP) is 1.34. The van der Waals surface area contributed by atoms with Gasteiger partial charge in [-0.15, -0.1) is 0 Å². The molecule has 2 atom stereocenters. The zero-order valence-corrected chi connectivity index (χ0v) is 11.8. The predicted molar refractivity (Wildman–Crippen MR) is 74.4 cm³/mol. The van der Waals surface area contributed by atoms with Gasteiger partial charge in [-0.05, 0) is 12.5 Å². The average Bonchev–Trinajstić information content (AvgIpc) is 3.17. The molecule has 3 heterocycles. The second-order valence-electron chi connectivity index (χ2n) is 5.09. The van der Waals surface area contributed by atoms with E-state index in [1.807, 2.05) is 19.3 Å². The van der Waals surface area contributed by atoms with Crippen LogP contribution in [-0.2, 0) is 18.3 Å². The lowest BCUT2D eigenvalue weighted by atomic mass is 10.1. The van der Waals surface area contributed by atoms with E-state index in [1.54, 1.807) is 23.4 Å². The summed E-state index contributed by atoms with van der Waals surface area (Å²) in [6.45, 7) is 1.07. The van der Waals surface area contributed by atoms with Gasteiger partial charge in [-0.25, -0.2) is 4.79 Å². The third-order valence-corrected chi connectivity index (χ3v) is 3.49. The van der Waals surface area contributed by atoms with Crippen molar-refractivity contribution in [1.29, 1.82) is 0 Å². The van der Waals surface area contributed by atoms with Crippen LogP contribution in [0.25, 0.3) is 0 Å². The Hall–Kier alpha value is -2.28. The lowest BCUT2D eigenvalue weighted by Gasteiger charge is -2.19. The summed E-state index contributed by atoms with van der Waals surface area (Å²) in [5.41, 5.74) is 1.91. The number of hydrogen-bond donors (Lipinski definition) is 2. The van der Waals surface area contributed by atoms with Crippen LogP contribution in [0.15, 0.2) is 35.4 Å². The van der Waals surface area contributed by atoms with E-state index in [0.717, 1.165) is 17.5 Å². The quantitative estimate of drug-likeness (QED) is 0.890. The summed E-state index contributed by atoms with van der Waals surface area (Å²) in [6.07, 6.45) is 7.52. The Morgan fingerprint density at radius 1 is 1.57 bits per heavy atom. The monoisotopic (exact) mass is 290 g/mol. The maximum Gasteiger partial charge on any atom is 0.315 e. The average molecular weight is 290 g/mol. The minimum Gasteiger partial charge on any atom is -0.472 e. The molecule has 2 aromatic rings. The van der Waals surface area contributed by atoms with Crippen molar-refractivity contribution in [2.24, 2.45) is 7.05 Å². The minimum absolute atomic E-state index is 0.0430. The Kier molecular flexibility index (Phi) is 3.92. The fourth-order valence-corrected chi connectivity index (χ4v) is 2.45. The van der Waals surface area contributed by atoms with Crippen molar-refractivity contribution in [3.8, 4) is 0 Å². The summed E-state index contributed by atoms with van der Waals surface area (Å²) in [4.78, 5) is 11.9. The molecule has 0 aliphatic carbocycles. The van der Waals surface area contributed by atoms with Crippen LogP contribution in [0.5, 0.6) is 0 Å². The number of nitrogens with zero attached hydrogens (tertiary/aromatic N) is 2. The van der Waals surface area contributed by atoms with E-state index in [2.05, 4.69) is 15.7 Å². The van der Waals surface area contributed by atoms with Gasteiger partial charge < -0.3 is 19.8 Å². The summed E-state index contributed by atoms with van der Waals surface area (Å²) < 4.78 is 12.4.